The quantitative estimate of drug-likeness (QED) is 0.692. The van der Waals surface area contributed by atoms with Gasteiger partial charge in [0.15, 0.2) is 16.9 Å². The highest BCUT2D eigenvalue weighted by Crippen LogP contribution is 2.10. The molecule has 2 aromatic heterocycles. The SMILES string of the molecule is CC(=O)c1ccc(NCCn2cnc3c2c(=O)n(C)c(=O)n3C)cc1. The number of nitrogens with zero attached hydrogens (tertiary/aromatic N) is 4. The lowest BCUT2D eigenvalue weighted by Crippen LogP contribution is -2.37. The number of ketones is 1. The third-order valence-corrected chi connectivity index (χ3v) is 4.19. The van der Waals surface area contributed by atoms with Gasteiger partial charge in [0.1, 0.15) is 0 Å². The van der Waals surface area contributed by atoms with Crippen molar-refractivity contribution in [2.75, 3.05) is 11.9 Å². The second-order valence-electron chi connectivity index (χ2n) is 5.88. The summed E-state index contributed by atoms with van der Waals surface area (Å²) in [4.78, 5) is 39.7. The molecule has 0 bridgehead atoms. The van der Waals surface area contributed by atoms with Gasteiger partial charge in [0, 0.05) is 38.4 Å². The van der Waals surface area contributed by atoms with E-state index in [1.165, 1.54) is 18.5 Å². The van der Waals surface area contributed by atoms with Gasteiger partial charge in [-0.2, -0.15) is 0 Å². The van der Waals surface area contributed by atoms with E-state index in [-0.39, 0.29) is 11.3 Å². The molecule has 1 N–H and O–H groups in total. The van der Waals surface area contributed by atoms with Crippen LogP contribution in [0.25, 0.3) is 11.2 Å². The van der Waals surface area contributed by atoms with Crippen LogP contribution in [0.5, 0.6) is 0 Å². The first-order valence-corrected chi connectivity index (χ1v) is 7.86. The van der Waals surface area contributed by atoms with Gasteiger partial charge >= 0.3 is 5.69 Å². The summed E-state index contributed by atoms with van der Waals surface area (Å²) < 4.78 is 4.17. The predicted molar refractivity (Wildman–Crippen MR) is 95.2 cm³/mol. The fourth-order valence-electron chi connectivity index (χ4n) is 2.71. The fourth-order valence-corrected chi connectivity index (χ4v) is 2.71. The maximum absolute atomic E-state index is 12.4. The highest BCUT2D eigenvalue weighted by atomic mass is 16.2. The van der Waals surface area contributed by atoms with Crippen molar-refractivity contribution in [2.24, 2.45) is 14.1 Å². The Labute approximate surface area is 143 Å². The Bertz CT molecular complexity index is 1060. The zero-order valence-corrected chi connectivity index (χ0v) is 14.3. The number of Topliss-reactive ketones (excluding diaryl/α,β-unsaturated/α-hetero) is 1. The van der Waals surface area contributed by atoms with E-state index in [4.69, 9.17) is 0 Å². The lowest BCUT2D eigenvalue weighted by atomic mass is 10.1. The highest BCUT2D eigenvalue weighted by molar-refractivity contribution is 5.94. The molecule has 25 heavy (non-hydrogen) atoms. The first-order chi connectivity index (χ1) is 11.9. The lowest BCUT2D eigenvalue weighted by Gasteiger charge is -2.09. The molecule has 0 unspecified atom stereocenters. The van der Waals surface area contributed by atoms with Gasteiger partial charge < -0.3 is 9.88 Å². The molecule has 0 radical (unpaired) electrons. The normalized spacial score (nSPS) is 11.0. The number of imidazole rings is 1. The second-order valence-corrected chi connectivity index (χ2v) is 5.88. The monoisotopic (exact) mass is 341 g/mol. The molecule has 0 amide bonds. The smallest absolute Gasteiger partial charge is 0.332 e. The van der Waals surface area contributed by atoms with Crippen LogP contribution in [0.3, 0.4) is 0 Å². The summed E-state index contributed by atoms with van der Waals surface area (Å²) in [6.45, 7) is 2.61. The van der Waals surface area contributed by atoms with Crippen LogP contribution in [0, 0.1) is 0 Å². The molecule has 8 heteroatoms. The van der Waals surface area contributed by atoms with Gasteiger partial charge in [-0.15, -0.1) is 0 Å². The van der Waals surface area contributed by atoms with Gasteiger partial charge in [0.2, 0.25) is 0 Å². The molecule has 8 nitrogen and oxygen atoms in total. The van der Waals surface area contributed by atoms with Crippen LogP contribution in [0.15, 0.2) is 40.2 Å². The van der Waals surface area contributed by atoms with Gasteiger partial charge in [-0.25, -0.2) is 9.78 Å². The Kier molecular flexibility index (Phi) is 4.26. The van der Waals surface area contributed by atoms with E-state index in [1.807, 2.05) is 12.1 Å². The van der Waals surface area contributed by atoms with Crippen molar-refractivity contribution in [1.29, 1.82) is 0 Å². The Morgan fingerprint density at radius 3 is 2.44 bits per heavy atom. The minimum Gasteiger partial charge on any atom is -0.383 e. The number of hydrogen-bond donors (Lipinski definition) is 1. The average molecular weight is 341 g/mol. The highest BCUT2D eigenvalue weighted by Gasteiger charge is 2.13. The van der Waals surface area contributed by atoms with E-state index in [1.54, 1.807) is 30.1 Å². The predicted octanol–water partition coefficient (Wildman–Crippen LogP) is 0.748. The zero-order valence-electron chi connectivity index (χ0n) is 14.3. The number of anilines is 1. The number of aryl methyl sites for hydroxylation is 1. The molecular formula is C17H19N5O3. The Morgan fingerprint density at radius 2 is 1.80 bits per heavy atom. The molecule has 130 valence electrons. The number of fused-ring (bicyclic) bond motifs is 1. The van der Waals surface area contributed by atoms with Gasteiger partial charge in [0.05, 0.1) is 6.33 Å². The summed E-state index contributed by atoms with van der Waals surface area (Å²) in [7, 11) is 3.05. The summed E-state index contributed by atoms with van der Waals surface area (Å²) in [6, 6.07) is 7.21. The maximum Gasteiger partial charge on any atom is 0.332 e. The summed E-state index contributed by atoms with van der Waals surface area (Å²) >= 11 is 0. The van der Waals surface area contributed by atoms with E-state index >= 15 is 0 Å². The molecule has 0 saturated carbocycles. The molecule has 0 aliphatic rings. The molecule has 0 fully saturated rings. The number of benzene rings is 1. The van der Waals surface area contributed by atoms with Crippen molar-refractivity contribution >= 4 is 22.6 Å². The standard InChI is InChI=1S/C17H19N5O3/c1-11(23)12-4-6-13(7-5-12)18-8-9-22-10-19-15-14(22)16(24)21(3)17(25)20(15)2/h4-7,10,18H,8-9H2,1-3H3. The van der Waals surface area contributed by atoms with Crippen molar-refractivity contribution in [2.45, 2.75) is 13.5 Å². The van der Waals surface area contributed by atoms with Crippen molar-refractivity contribution in [3.8, 4) is 0 Å². The van der Waals surface area contributed by atoms with Gasteiger partial charge in [-0.05, 0) is 31.2 Å². The molecule has 0 aliphatic carbocycles. The zero-order chi connectivity index (χ0) is 18.1. The number of aromatic nitrogens is 4. The summed E-state index contributed by atoms with van der Waals surface area (Å²) in [5.74, 6) is 0.0258. The molecule has 3 rings (SSSR count). The largest absolute Gasteiger partial charge is 0.383 e. The molecule has 3 aromatic rings. The first kappa shape index (κ1) is 16.7. The van der Waals surface area contributed by atoms with Gasteiger partial charge in [0.25, 0.3) is 5.56 Å². The molecule has 0 spiro atoms. The molecular weight excluding hydrogens is 322 g/mol. The number of carbonyl (C=O) groups excluding carboxylic acids is 1. The lowest BCUT2D eigenvalue weighted by molar-refractivity contribution is 0.101. The molecule has 0 atom stereocenters. The Balaban J connectivity index is 1.79. The molecule has 1 aromatic carbocycles. The van der Waals surface area contributed by atoms with Crippen LogP contribution in [0.1, 0.15) is 17.3 Å². The maximum atomic E-state index is 12.4. The van der Waals surface area contributed by atoms with Crippen molar-refractivity contribution in [3.63, 3.8) is 0 Å². The van der Waals surface area contributed by atoms with E-state index < -0.39 is 5.69 Å². The fraction of sp³-hybridized carbons (Fsp3) is 0.294. The van der Waals surface area contributed by atoms with E-state index in [2.05, 4.69) is 10.3 Å². The van der Waals surface area contributed by atoms with Crippen LogP contribution >= 0.6 is 0 Å². The average Bonchev–Trinajstić information content (AvgIpc) is 3.02. The van der Waals surface area contributed by atoms with Crippen LogP contribution in [0.2, 0.25) is 0 Å². The van der Waals surface area contributed by atoms with Crippen LogP contribution < -0.4 is 16.6 Å². The number of carbonyl (C=O) groups is 1. The summed E-state index contributed by atoms with van der Waals surface area (Å²) in [6.07, 6.45) is 1.56. The number of nitrogens with one attached hydrogen (secondary N) is 1. The van der Waals surface area contributed by atoms with Crippen molar-refractivity contribution in [1.82, 2.24) is 18.7 Å². The first-order valence-electron chi connectivity index (χ1n) is 7.86. The molecule has 2 heterocycles. The molecule has 0 aliphatic heterocycles. The topological polar surface area (TPSA) is 90.9 Å². The van der Waals surface area contributed by atoms with E-state index in [0.717, 1.165) is 10.3 Å². The van der Waals surface area contributed by atoms with Crippen molar-refractivity contribution < 1.29 is 4.79 Å². The second kappa shape index (κ2) is 6.39. The number of rotatable bonds is 5. The minimum atomic E-state index is -0.397. The van der Waals surface area contributed by atoms with Crippen LogP contribution in [-0.2, 0) is 20.6 Å². The van der Waals surface area contributed by atoms with Crippen LogP contribution in [-0.4, -0.2) is 31.0 Å². The third-order valence-electron chi connectivity index (χ3n) is 4.19. The summed E-state index contributed by atoms with van der Waals surface area (Å²) in [5, 5.41) is 3.24. The van der Waals surface area contributed by atoms with Gasteiger partial charge in [-0.3, -0.25) is 18.7 Å². The Hall–Kier alpha value is -3.16. The van der Waals surface area contributed by atoms with Crippen molar-refractivity contribution in [3.05, 3.63) is 57.0 Å². The number of hydrogen-bond acceptors (Lipinski definition) is 5. The summed E-state index contributed by atoms with van der Waals surface area (Å²) in [5.41, 5.74) is 1.57. The van der Waals surface area contributed by atoms with E-state index in [9.17, 15) is 14.4 Å². The third kappa shape index (κ3) is 2.98. The van der Waals surface area contributed by atoms with Crippen LogP contribution in [0.4, 0.5) is 5.69 Å². The minimum absolute atomic E-state index is 0.0258. The van der Waals surface area contributed by atoms with Gasteiger partial charge in [-0.1, -0.05) is 0 Å². The Morgan fingerprint density at radius 1 is 1.12 bits per heavy atom. The molecule has 0 saturated heterocycles. The van der Waals surface area contributed by atoms with E-state index in [0.29, 0.717) is 29.8 Å².